The zero-order chi connectivity index (χ0) is 13.3. The number of hydrogen-bond donors (Lipinski definition) is 2. The van der Waals surface area contributed by atoms with Crippen molar-refractivity contribution in [1.29, 1.82) is 0 Å². The minimum Gasteiger partial charge on any atom is -0.396 e. The Morgan fingerprint density at radius 3 is 2.72 bits per heavy atom. The molecule has 0 aliphatic carbocycles. The highest BCUT2D eigenvalue weighted by molar-refractivity contribution is 6.30. The third-order valence-corrected chi connectivity index (χ3v) is 3.18. The van der Waals surface area contributed by atoms with Gasteiger partial charge in [0.1, 0.15) is 5.82 Å². The van der Waals surface area contributed by atoms with Crippen molar-refractivity contribution in [2.45, 2.75) is 20.4 Å². The van der Waals surface area contributed by atoms with Crippen LogP contribution in [0, 0.1) is 13.8 Å². The molecule has 0 aliphatic heterocycles. The Morgan fingerprint density at radius 2 is 2.17 bits per heavy atom. The van der Waals surface area contributed by atoms with Gasteiger partial charge in [0.2, 0.25) is 0 Å². The fraction of sp³-hybridized carbons (Fsp3) is 0.333. The maximum absolute atomic E-state index is 5.84. The van der Waals surface area contributed by atoms with Crippen LogP contribution in [0.1, 0.15) is 17.0 Å². The normalized spacial score (nSPS) is 10.7. The lowest BCUT2D eigenvalue weighted by molar-refractivity contribution is 0.730. The minimum absolute atomic E-state index is 0.534. The molecule has 0 atom stereocenters. The quantitative estimate of drug-likeness (QED) is 0.893. The fourth-order valence-corrected chi connectivity index (χ4v) is 2.01. The molecular formula is C12H16ClN5. The van der Waals surface area contributed by atoms with Crippen LogP contribution >= 0.6 is 11.6 Å². The van der Waals surface area contributed by atoms with Gasteiger partial charge in [-0.25, -0.2) is 4.98 Å². The standard InChI is InChI=1S/C12H16ClN5/c1-7-10(8(2)18(3)17-7)6-16-12-11(14)4-9(13)5-15-12/h4-5H,6,14H2,1-3H3,(H,15,16). The van der Waals surface area contributed by atoms with Gasteiger partial charge in [-0.2, -0.15) is 5.10 Å². The summed E-state index contributed by atoms with van der Waals surface area (Å²) in [5.74, 6) is 0.641. The number of nitrogens with two attached hydrogens (primary N) is 1. The van der Waals surface area contributed by atoms with Crippen LogP contribution in [0.3, 0.4) is 0 Å². The van der Waals surface area contributed by atoms with Crippen molar-refractivity contribution in [1.82, 2.24) is 14.8 Å². The molecule has 0 spiro atoms. The summed E-state index contributed by atoms with van der Waals surface area (Å²) in [4.78, 5) is 4.16. The first kappa shape index (κ1) is 12.7. The molecule has 0 radical (unpaired) electrons. The molecule has 0 aromatic carbocycles. The number of nitrogens with one attached hydrogen (secondary N) is 1. The Bertz CT molecular complexity index is 576. The van der Waals surface area contributed by atoms with E-state index in [4.69, 9.17) is 17.3 Å². The first-order valence-corrected chi connectivity index (χ1v) is 6.00. The van der Waals surface area contributed by atoms with Crippen LogP contribution in [-0.4, -0.2) is 14.8 Å². The van der Waals surface area contributed by atoms with E-state index >= 15 is 0 Å². The van der Waals surface area contributed by atoms with E-state index in [-0.39, 0.29) is 0 Å². The highest BCUT2D eigenvalue weighted by Crippen LogP contribution is 2.21. The molecule has 2 aromatic heterocycles. The van der Waals surface area contributed by atoms with Crippen LogP contribution in [0.4, 0.5) is 11.5 Å². The third-order valence-electron chi connectivity index (χ3n) is 2.98. The van der Waals surface area contributed by atoms with Crippen LogP contribution in [0.2, 0.25) is 5.02 Å². The van der Waals surface area contributed by atoms with E-state index in [2.05, 4.69) is 15.4 Å². The van der Waals surface area contributed by atoms with Crippen LogP contribution in [0.15, 0.2) is 12.3 Å². The van der Waals surface area contributed by atoms with E-state index in [0.717, 1.165) is 17.0 Å². The van der Waals surface area contributed by atoms with E-state index < -0.39 is 0 Å². The number of hydrogen-bond acceptors (Lipinski definition) is 4. The molecule has 5 nitrogen and oxygen atoms in total. The van der Waals surface area contributed by atoms with Gasteiger partial charge in [-0.1, -0.05) is 11.6 Å². The van der Waals surface area contributed by atoms with Crippen LogP contribution in [0.5, 0.6) is 0 Å². The lowest BCUT2D eigenvalue weighted by atomic mass is 10.2. The van der Waals surface area contributed by atoms with Crippen molar-refractivity contribution in [3.8, 4) is 0 Å². The van der Waals surface area contributed by atoms with Gasteiger partial charge in [-0.05, 0) is 19.9 Å². The maximum atomic E-state index is 5.84. The molecule has 96 valence electrons. The van der Waals surface area contributed by atoms with Crippen molar-refractivity contribution >= 4 is 23.1 Å². The third kappa shape index (κ3) is 2.41. The lowest BCUT2D eigenvalue weighted by Gasteiger charge is -2.08. The molecule has 0 saturated heterocycles. The van der Waals surface area contributed by atoms with Gasteiger partial charge in [0.25, 0.3) is 0 Å². The van der Waals surface area contributed by atoms with Gasteiger partial charge in [0, 0.05) is 31.0 Å². The number of rotatable bonds is 3. The molecule has 6 heteroatoms. The molecule has 3 N–H and O–H groups in total. The maximum Gasteiger partial charge on any atom is 0.149 e. The smallest absolute Gasteiger partial charge is 0.149 e. The van der Waals surface area contributed by atoms with Gasteiger partial charge in [-0.3, -0.25) is 4.68 Å². The summed E-state index contributed by atoms with van der Waals surface area (Å²) in [6.45, 7) is 4.67. The second-order valence-electron chi connectivity index (χ2n) is 4.22. The Labute approximate surface area is 111 Å². The minimum atomic E-state index is 0.534. The number of halogens is 1. The van der Waals surface area contributed by atoms with Crippen LogP contribution < -0.4 is 11.1 Å². The Kier molecular flexibility index (Phi) is 3.43. The largest absolute Gasteiger partial charge is 0.396 e. The average Bonchev–Trinajstić information content (AvgIpc) is 2.53. The Hall–Kier alpha value is -1.75. The number of nitrogens with zero attached hydrogens (tertiary/aromatic N) is 3. The van der Waals surface area contributed by atoms with E-state index in [9.17, 15) is 0 Å². The zero-order valence-electron chi connectivity index (χ0n) is 10.7. The van der Waals surface area contributed by atoms with Gasteiger partial charge in [0.15, 0.2) is 0 Å². The molecule has 2 aromatic rings. The molecule has 18 heavy (non-hydrogen) atoms. The summed E-state index contributed by atoms with van der Waals surface area (Å²) >= 11 is 5.80. The number of anilines is 2. The zero-order valence-corrected chi connectivity index (χ0v) is 11.4. The van der Waals surface area contributed by atoms with Crippen molar-refractivity contribution in [3.05, 3.63) is 34.2 Å². The van der Waals surface area contributed by atoms with E-state index in [0.29, 0.717) is 23.1 Å². The van der Waals surface area contributed by atoms with Gasteiger partial charge >= 0.3 is 0 Å². The molecule has 0 amide bonds. The lowest BCUT2D eigenvalue weighted by Crippen LogP contribution is -2.06. The summed E-state index contributed by atoms with van der Waals surface area (Å²) in [5, 5.41) is 8.10. The summed E-state index contributed by atoms with van der Waals surface area (Å²) in [6, 6.07) is 1.68. The highest BCUT2D eigenvalue weighted by Gasteiger charge is 2.10. The summed E-state index contributed by atoms with van der Waals surface area (Å²) in [5.41, 5.74) is 9.68. The molecule has 2 heterocycles. The van der Waals surface area contributed by atoms with E-state index in [1.54, 1.807) is 12.3 Å². The van der Waals surface area contributed by atoms with Gasteiger partial charge < -0.3 is 11.1 Å². The van der Waals surface area contributed by atoms with Crippen molar-refractivity contribution in [3.63, 3.8) is 0 Å². The summed E-state index contributed by atoms with van der Waals surface area (Å²) in [7, 11) is 1.93. The second-order valence-corrected chi connectivity index (χ2v) is 4.65. The van der Waals surface area contributed by atoms with Crippen LogP contribution in [0.25, 0.3) is 0 Å². The topological polar surface area (TPSA) is 68.8 Å². The van der Waals surface area contributed by atoms with Crippen molar-refractivity contribution in [2.24, 2.45) is 7.05 Å². The first-order chi connectivity index (χ1) is 8.49. The van der Waals surface area contributed by atoms with Gasteiger partial charge in [-0.15, -0.1) is 0 Å². The molecule has 0 fully saturated rings. The Morgan fingerprint density at radius 1 is 1.44 bits per heavy atom. The average molecular weight is 266 g/mol. The predicted octanol–water partition coefficient (Wildman–Crippen LogP) is 2.28. The SMILES string of the molecule is Cc1nn(C)c(C)c1CNc1ncc(Cl)cc1N. The fourth-order valence-electron chi connectivity index (χ4n) is 1.85. The molecular weight excluding hydrogens is 250 g/mol. The molecule has 2 rings (SSSR count). The number of pyridine rings is 1. The molecule has 0 bridgehead atoms. The second kappa shape index (κ2) is 4.86. The summed E-state index contributed by atoms with van der Waals surface area (Å²) < 4.78 is 1.87. The monoisotopic (exact) mass is 265 g/mol. The van der Waals surface area contributed by atoms with E-state index in [1.165, 1.54) is 0 Å². The van der Waals surface area contributed by atoms with E-state index in [1.807, 2.05) is 25.6 Å². The van der Waals surface area contributed by atoms with Crippen LogP contribution in [-0.2, 0) is 13.6 Å². The first-order valence-electron chi connectivity index (χ1n) is 5.63. The van der Waals surface area contributed by atoms with Crippen molar-refractivity contribution < 1.29 is 0 Å². The molecule has 0 aliphatic rings. The highest BCUT2D eigenvalue weighted by atomic mass is 35.5. The Balaban J connectivity index is 2.16. The number of aryl methyl sites for hydroxylation is 2. The number of aromatic nitrogens is 3. The van der Waals surface area contributed by atoms with Gasteiger partial charge in [0.05, 0.1) is 16.4 Å². The molecule has 0 saturated carbocycles. The molecule has 0 unspecified atom stereocenters. The predicted molar refractivity (Wildman–Crippen MR) is 73.7 cm³/mol. The number of nitrogen functional groups attached to an aromatic ring is 1. The summed E-state index contributed by atoms with van der Waals surface area (Å²) in [6.07, 6.45) is 1.57. The van der Waals surface area contributed by atoms with Crippen molar-refractivity contribution in [2.75, 3.05) is 11.1 Å².